The summed E-state index contributed by atoms with van der Waals surface area (Å²) in [6, 6.07) is 20.6. The lowest BCUT2D eigenvalue weighted by Crippen LogP contribution is -2.18. The molecule has 0 unspecified atom stereocenters. The monoisotopic (exact) mass is 430 g/mol. The maximum Gasteiger partial charge on any atom is 0.231 e. The van der Waals surface area contributed by atoms with Crippen molar-refractivity contribution in [1.29, 1.82) is 0 Å². The lowest BCUT2D eigenvalue weighted by molar-refractivity contribution is 0.101. The molecule has 5 rings (SSSR count). The minimum absolute atomic E-state index is 0.150. The van der Waals surface area contributed by atoms with Gasteiger partial charge in [-0.1, -0.05) is 41.9 Å². The molecule has 0 fully saturated rings. The summed E-state index contributed by atoms with van der Waals surface area (Å²) in [6.45, 7) is 2.32. The van der Waals surface area contributed by atoms with Crippen LogP contribution < -0.4 is 14.2 Å². The van der Waals surface area contributed by atoms with Crippen molar-refractivity contribution in [1.82, 2.24) is 0 Å². The summed E-state index contributed by atoms with van der Waals surface area (Å²) < 4.78 is 17.7. The Morgan fingerprint density at radius 2 is 1.90 bits per heavy atom. The number of hydrogen-bond acceptors (Lipinski definition) is 4. The second-order valence-corrected chi connectivity index (χ2v) is 7.90. The molecule has 0 saturated carbocycles. The normalized spacial score (nSPS) is 18.0. The van der Waals surface area contributed by atoms with Gasteiger partial charge in [-0.15, -0.1) is 0 Å². The van der Waals surface area contributed by atoms with Crippen molar-refractivity contribution < 1.29 is 19.0 Å². The highest BCUT2D eigenvalue weighted by Crippen LogP contribution is 2.36. The van der Waals surface area contributed by atoms with Crippen molar-refractivity contribution >= 4 is 23.5 Å². The number of carbonyl (C=O) groups excluding carboxylic acids is 1. The van der Waals surface area contributed by atoms with E-state index in [1.165, 1.54) is 0 Å². The Bertz CT molecular complexity index is 1240. The van der Waals surface area contributed by atoms with Crippen LogP contribution in [0.1, 0.15) is 28.4 Å². The van der Waals surface area contributed by atoms with Gasteiger partial charge in [0.1, 0.15) is 30.0 Å². The summed E-state index contributed by atoms with van der Waals surface area (Å²) >= 11 is 6.02. The smallest absolute Gasteiger partial charge is 0.231 e. The van der Waals surface area contributed by atoms with Crippen LogP contribution in [0.5, 0.6) is 17.2 Å². The Kier molecular flexibility index (Phi) is 5.00. The largest absolute Gasteiger partial charge is 0.489 e. The van der Waals surface area contributed by atoms with Gasteiger partial charge in [-0.25, -0.2) is 0 Å². The summed E-state index contributed by atoms with van der Waals surface area (Å²) in [5.74, 6) is 2.08. The molecule has 0 spiro atoms. The van der Waals surface area contributed by atoms with Crippen LogP contribution in [0.2, 0.25) is 5.02 Å². The molecule has 3 aromatic rings. The zero-order valence-corrected chi connectivity index (χ0v) is 17.6. The number of fused-ring (bicyclic) bond motifs is 2. The lowest BCUT2D eigenvalue weighted by atomic mass is 10.0. The molecule has 0 amide bonds. The van der Waals surface area contributed by atoms with E-state index in [4.69, 9.17) is 25.8 Å². The number of hydrogen-bond donors (Lipinski definition) is 0. The minimum Gasteiger partial charge on any atom is -0.489 e. The van der Waals surface area contributed by atoms with Crippen LogP contribution in [-0.4, -0.2) is 11.9 Å². The average Bonchev–Trinajstić information content (AvgIpc) is 3.07. The lowest BCUT2D eigenvalue weighted by Gasteiger charge is -2.22. The highest BCUT2D eigenvalue weighted by molar-refractivity contribution is 6.30. The third-order valence-corrected chi connectivity index (χ3v) is 5.48. The zero-order valence-electron chi connectivity index (χ0n) is 16.8. The number of carbonyl (C=O) groups is 1. The zero-order chi connectivity index (χ0) is 21.4. The highest BCUT2D eigenvalue weighted by Gasteiger charge is 2.29. The summed E-state index contributed by atoms with van der Waals surface area (Å²) in [5, 5.41) is 0.664. The first-order valence-electron chi connectivity index (χ1n) is 10.00. The van der Waals surface area contributed by atoms with Crippen LogP contribution in [0.3, 0.4) is 0 Å². The van der Waals surface area contributed by atoms with Gasteiger partial charge in [0.2, 0.25) is 5.78 Å². The van der Waals surface area contributed by atoms with E-state index in [0.29, 0.717) is 28.7 Å². The number of para-hydroxylation sites is 1. The van der Waals surface area contributed by atoms with Crippen molar-refractivity contribution in [3.63, 3.8) is 0 Å². The number of Topliss-reactive ketones (excluding diaryl/α,β-unsaturated/α-hetero) is 1. The van der Waals surface area contributed by atoms with E-state index in [0.717, 1.165) is 22.4 Å². The number of ether oxygens (including phenoxy) is 3. The molecule has 2 heterocycles. The maximum atomic E-state index is 12.8. The predicted molar refractivity (Wildman–Crippen MR) is 120 cm³/mol. The number of allylic oxidation sites excluding steroid dienone is 1. The first kappa shape index (κ1) is 19.5. The topological polar surface area (TPSA) is 44.8 Å². The van der Waals surface area contributed by atoms with Crippen molar-refractivity contribution in [2.75, 3.05) is 0 Å². The highest BCUT2D eigenvalue weighted by atomic mass is 35.5. The van der Waals surface area contributed by atoms with Gasteiger partial charge in [-0.3, -0.25) is 4.79 Å². The fourth-order valence-electron chi connectivity index (χ4n) is 3.62. The molecule has 1 atom stereocenters. The van der Waals surface area contributed by atoms with Crippen molar-refractivity contribution in [3.8, 4) is 17.2 Å². The third kappa shape index (κ3) is 3.94. The van der Waals surface area contributed by atoms with Gasteiger partial charge in [0, 0.05) is 16.7 Å². The summed E-state index contributed by atoms with van der Waals surface area (Å²) in [7, 11) is 0. The maximum absolute atomic E-state index is 12.8. The molecule has 4 nitrogen and oxygen atoms in total. The van der Waals surface area contributed by atoms with E-state index in [-0.39, 0.29) is 17.6 Å². The Labute approximate surface area is 185 Å². The van der Waals surface area contributed by atoms with Crippen LogP contribution in [0.25, 0.3) is 6.08 Å². The molecule has 0 aliphatic carbocycles. The van der Waals surface area contributed by atoms with Crippen molar-refractivity contribution in [2.24, 2.45) is 0 Å². The van der Waals surface area contributed by atoms with E-state index in [1.54, 1.807) is 24.3 Å². The molecule has 0 N–H and O–H groups in total. The number of halogens is 1. The molecular weight excluding hydrogens is 412 g/mol. The van der Waals surface area contributed by atoms with Gasteiger partial charge >= 0.3 is 0 Å². The Morgan fingerprint density at radius 3 is 2.77 bits per heavy atom. The number of ketones is 1. The van der Waals surface area contributed by atoms with Crippen LogP contribution >= 0.6 is 11.6 Å². The molecule has 0 radical (unpaired) electrons. The van der Waals surface area contributed by atoms with E-state index in [9.17, 15) is 4.79 Å². The second kappa shape index (κ2) is 7.97. The molecule has 0 aromatic heterocycles. The molecule has 0 saturated heterocycles. The van der Waals surface area contributed by atoms with Crippen molar-refractivity contribution in [3.05, 3.63) is 106 Å². The first-order chi connectivity index (χ1) is 15.1. The third-order valence-electron chi connectivity index (χ3n) is 5.25. The van der Waals surface area contributed by atoms with Gasteiger partial charge in [0.15, 0.2) is 5.76 Å². The Balaban J connectivity index is 1.36. The molecule has 31 heavy (non-hydrogen) atoms. The van der Waals surface area contributed by atoms with Crippen LogP contribution in [0, 0.1) is 0 Å². The molecule has 3 aromatic carbocycles. The summed E-state index contributed by atoms with van der Waals surface area (Å²) in [5.41, 5.74) is 3.34. The van der Waals surface area contributed by atoms with Gasteiger partial charge in [-0.05, 0) is 60.5 Å². The second-order valence-electron chi connectivity index (χ2n) is 7.46. The quantitative estimate of drug-likeness (QED) is 0.459. The van der Waals surface area contributed by atoms with E-state index in [2.05, 4.69) is 0 Å². The van der Waals surface area contributed by atoms with E-state index >= 15 is 0 Å². The standard InChI is InChI=1S/C26H19ClO4/c1-16-19(12-18-6-2-3-8-23(18)30-16)13-25-26(28)22-10-9-21(14-24(22)31-25)29-15-17-5-4-7-20(27)11-17/h2-14,16H,15H2,1H3/b25-13-/t16-/m0/s1. The van der Waals surface area contributed by atoms with Crippen molar-refractivity contribution in [2.45, 2.75) is 19.6 Å². The molecule has 0 bridgehead atoms. The average molecular weight is 431 g/mol. The van der Waals surface area contributed by atoms with Crippen LogP contribution in [0.4, 0.5) is 0 Å². The Morgan fingerprint density at radius 1 is 1.03 bits per heavy atom. The molecule has 2 aliphatic rings. The fraction of sp³-hybridized carbons (Fsp3) is 0.115. The molecule has 154 valence electrons. The van der Waals surface area contributed by atoms with Crippen LogP contribution in [0.15, 0.2) is 84.1 Å². The minimum atomic E-state index is -0.181. The van der Waals surface area contributed by atoms with Gasteiger partial charge in [0.05, 0.1) is 5.56 Å². The predicted octanol–water partition coefficient (Wildman–Crippen LogP) is 6.24. The van der Waals surface area contributed by atoms with E-state index in [1.807, 2.05) is 61.5 Å². The molecular formula is C26H19ClO4. The number of benzene rings is 3. The van der Waals surface area contributed by atoms with Crippen LogP contribution in [-0.2, 0) is 6.61 Å². The molecule has 2 aliphatic heterocycles. The van der Waals surface area contributed by atoms with E-state index < -0.39 is 0 Å². The van der Waals surface area contributed by atoms with Gasteiger partial charge in [-0.2, -0.15) is 0 Å². The molecule has 5 heteroatoms. The summed E-state index contributed by atoms with van der Waals surface area (Å²) in [6.07, 6.45) is 3.60. The van der Waals surface area contributed by atoms with Gasteiger partial charge < -0.3 is 14.2 Å². The SMILES string of the molecule is C[C@@H]1Oc2ccccc2C=C1/C=C1\Oc2cc(OCc3cccc(Cl)c3)ccc2C1=O. The first-order valence-corrected chi connectivity index (χ1v) is 10.4. The number of rotatable bonds is 4. The summed E-state index contributed by atoms with van der Waals surface area (Å²) in [4.78, 5) is 12.8. The fourth-order valence-corrected chi connectivity index (χ4v) is 3.84. The Hall–Kier alpha value is -3.50. The van der Waals surface area contributed by atoms with Gasteiger partial charge in [0.25, 0.3) is 0 Å².